The van der Waals surface area contributed by atoms with Crippen LogP contribution in [0.2, 0.25) is 0 Å². The molecule has 2 amide bonds. The van der Waals surface area contributed by atoms with Crippen LogP contribution >= 0.6 is 0 Å². The standard InChI is InChI=1S/C16H19N5O4/c1-2-10-5-13-17-14-12(15(23)21(13)18-10)8-20(16(14)24)7-11-6-19(9-22)3-4-25-11/h5,9,11,18H,2-4,6-8H2,1H3/t11-/m0/s1. The van der Waals surface area contributed by atoms with Gasteiger partial charge in [-0.15, -0.1) is 0 Å². The predicted molar refractivity (Wildman–Crippen MR) is 87.3 cm³/mol. The molecule has 4 heterocycles. The topological polar surface area (TPSA) is 100 Å². The number of amides is 2. The van der Waals surface area contributed by atoms with E-state index in [1.165, 1.54) is 4.52 Å². The van der Waals surface area contributed by atoms with Crippen molar-refractivity contribution in [2.75, 3.05) is 26.2 Å². The zero-order valence-corrected chi connectivity index (χ0v) is 13.9. The monoisotopic (exact) mass is 345 g/mol. The molecular weight excluding hydrogens is 326 g/mol. The van der Waals surface area contributed by atoms with Crippen molar-refractivity contribution in [2.45, 2.75) is 26.0 Å². The van der Waals surface area contributed by atoms with E-state index in [4.69, 9.17) is 4.74 Å². The molecule has 2 aromatic rings. The van der Waals surface area contributed by atoms with Crippen LogP contribution in [0.1, 0.15) is 28.7 Å². The van der Waals surface area contributed by atoms with Gasteiger partial charge >= 0.3 is 0 Å². The van der Waals surface area contributed by atoms with E-state index in [9.17, 15) is 14.4 Å². The number of aryl methyl sites for hydroxylation is 1. The van der Waals surface area contributed by atoms with Gasteiger partial charge in [0, 0.05) is 31.4 Å². The van der Waals surface area contributed by atoms with Gasteiger partial charge in [0.15, 0.2) is 5.65 Å². The molecule has 2 aliphatic rings. The molecule has 0 saturated carbocycles. The molecular formula is C16H19N5O4. The maximum absolute atomic E-state index is 12.7. The summed E-state index contributed by atoms with van der Waals surface area (Å²) < 4.78 is 7.03. The molecule has 0 spiro atoms. The molecule has 9 nitrogen and oxygen atoms in total. The van der Waals surface area contributed by atoms with Gasteiger partial charge in [0.2, 0.25) is 6.41 Å². The van der Waals surface area contributed by atoms with Gasteiger partial charge in [-0.2, -0.15) is 0 Å². The second kappa shape index (κ2) is 5.99. The van der Waals surface area contributed by atoms with Crippen molar-refractivity contribution < 1.29 is 14.3 Å². The lowest BCUT2D eigenvalue weighted by molar-refractivity contribution is -0.125. The van der Waals surface area contributed by atoms with Crippen LogP contribution < -0.4 is 5.56 Å². The number of morpholine rings is 1. The minimum Gasteiger partial charge on any atom is -0.373 e. The van der Waals surface area contributed by atoms with Crippen molar-refractivity contribution in [1.29, 1.82) is 0 Å². The van der Waals surface area contributed by atoms with Crippen LogP contribution in [0.5, 0.6) is 0 Å². The Labute approximate surface area is 143 Å². The molecule has 0 radical (unpaired) electrons. The Hall–Kier alpha value is -2.68. The number of rotatable bonds is 4. The fourth-order valence-corrected chi connectivity index (χ4v) is 3.36. The number of hydrogen-bond donors (Lipinski definition) is 1. The molecule has 0 bridgehead atoms. The van der Waals surface area contributed by atoms with Gasteiger partial charge in [-0.1, -0.05) is 6.92 Å². The third kappa shape index (κ3) is 2.60. The summed E-state index contributed by atoms with van der Waals surface area (Å²) in [7, 11) is 0. The highest BCUT2D eigenvalue weighted by molar-refractivity contribution is 5.96. The van der Waals surface area contributed by atoms with Gasteiger partial charge in [0.25, 0.3) is 11.5 Å². The van der Waals surface area contributed by atoms with E-state index < -0.39 is 0 Å². The fraction of sp³-hybridized carbons (Fsp3) is 0.500. The van der Waals surface area contributed by atoms with E-state index in [1.807, 2.05) is 6.92 Å². The van der Waals surface area contributed by atoms with E-state index in [0.717, 1.165) is 18.5 Å². The molecule has 4 rings (SSSR count). The Bertz CT molecular complexity index is 902. The summed E-state index contributed by atoms with van der Waals surface area (Å²) in [5, 5.41) is 3.01. The minimum atomic E-state index is -0.263. The van der Waals surface area contributed by atoms with Crippen molar-refractivity contribution in [3.63, 3.8) is 0 Å². The zero-order chi connectivity index (χ0) is 17.6. The molecule has 1 N–H and O–H groups in total. The maximum atomic E-state index is 12.7. The zero-order valence-electron chi connectivity index (χ0n) is 13.9. The minimum absolute atomic E-state index is 0.213. The number of aromatic nitrogens is 3. The molecule has 2 aliphatic heterocycles. The van der Waals surface area contributed by atoms with Gasteiger partial charge < -0.3 is 14.5 Å². The lowest BCUT2D eigenvalue weighted by atomic mass is 10.2. The van der Waals surface area contributed by atoms with Crippen LogP contribution in [-0.4, -0.2) is 69.1 Å². The lowest BCUT2D eigenvalue weighted by Crippen LogP contribution is -2.47. The average Bonchev–Trinajstić information content (AvgIpc) is 3.18. The molecule has 9 heteroatoms. The first kappa shape index (κ1) is 15.8. The SMILES string of the molecule is CCc1cc2nc3c(c(=O)n2[nH]1)CN(C[C@@H]1CN(C=O)CCO1)C3=O. The summed E-state index contributed by atoms with van der Waals surface area (Å²) in [5.41, 5.74) is 1.72. The van der Waals surface area contributed by atoms with Crippen molar-refractivity contribution in [2.24, 2.45) is 0 Å². The summed E-state index contributed by atoms with van der Waals surface area (Å²) in [6, 6.07) is 1.78. The first-order chi connectivity index (χ1) is 12.1. The number of nitrogens with zero attached hydrogens (tertiary/aromatic N) is 4. The molecule has 1 saturated heterocycles. The van der Waals surface area contributed by atoms with E-state index in [2.05, 4.69) is 10.1 Å². The summed E-state index contributed by atoms with van der Waals surface area (Å²) in [4.78, 5) is 43.8. The molecule has 0 aliphatic carbocycles. The van der Waals surface area contributed by atoms with Crippen LogP contribution in [0.25, 0.3) is 5.65 Å². The molecule has 132 valence electrons. The number of hydrogen-bond acceptors (Lipinski definition) is 5. The summed E-state index contributed by atoms with van der Waals surface area (Å²) in [5.74, 6) is -0.263. The second-order valence-electron chi connectivity index (χ2n) is 6.35. The highest BCUT2D eigenvalue weighted by atomic mass is 16.5. The number of carbonyl (C=O) groups excluding carboxylic acids is 2. The van der Waals surface area contributed by atoms with Gasteiger partial charge in [-0.25, -0.2) is 9.50 Å². The van der Waals surface area contributed by atoms with E-state index >= 15 is 0 Å². The molecule has 1 fully saturated rings. The van der Waals surface area contributed by atoms with Gasteiger partial charge in [-0.05, 0) is 6.42 Å². The van der Waals surface area contributed by atoms with Gasteiger partial charge in [0.1, 0.15) is 5.69 Å². The number of nitrogens with one attached hydrogen (secondary N) is 1. The Balaban J connectivity index is 1.60. The van der Waals surface area contributed by atoms with Crippen molar-refractivity contribution in [1.82, 2.24) is 24.4 Å². The van der Waals surface area contributed by atoms with Crippen molar-refractivity contribution in [3.8, 4) is 0 Å². The second-order valence-corrected chi connectivity index (χ2v) is 6.35. The van der Waals surface area contributed by atoms with E-state index in [0.29, 0.717) is 37.5 Å². The number of carbonyl (C=O) groups is 2. The third-order valence-electron chi connectivity index (χ3n) is 4.72. The van der Waals surface area contributed by atoms with E-state index in [-0.39, 0.29) is 29.8 Å². The lowest BCUT2D eigenvalue weighted by Gasteiger charge is -2.32. The number of aromatic amines is 1. The van der Waals surface area contributed by atoms with Crippen LogP contribution in [0.15, 0.2) is 10.9 Å². The van der Waals surface area contributed by atoms with Gasteiger partial charge in [0.05, 0.1) is 24.8 Å². The quantitative estimate of drug-likeness (QED) is 0.746. The summed E-state index contributed by atoms with van der Waals surface area (Å²) in [6.45, 7) is 3.96. The molecule has 2 aromatic heterocycles. The van der Waals surface area contributed by atoms with Gasteiger partial charge in [-0.3, -0.25) is 19.5 Å². The third-order valence-corrected chi connectivity index (χ3v) is 4.72. The summed E-state index contributed by atoms with van der Waals surface area (Å²) in [6.07, 6.45) is 1.29. The Morgan fingerprint density at radius 2 is 2.28 bits per heavy atom. The molecule has 25 heavy (non-hydrogen) atoms. The van der Waals surface area contributed by atoms with Crippen LogP contribution in [0.3, 0.4) is 0 Å². The van der Waals surface area contributed by atoms with E-state index in [1.54, 1.807) is 15.9 Å². The Morgan fingerprint density at radius 1 is 1.44 bits per heavy atom. The highest BCUT2D eigenvalue weighted by Crippen LogP contribution is 2.20. The number of H-pyrrole nitrogens is 1. The first-order valence-electron chi connectivity index (χ1n) is 8.34. The predicted octanol–water partition coefficient (Wildman–Crippen LogP) is -0.602. The Morgan fingerprint density at radius 3 is 3.04 bits per heavy atom. The largest absolute Gasteiger partial charge is 0.373 e. The smallest absolute Gasteiger partial charge is 0.278 e. The van der Waals surface area contributed by atoms with Crippen molar-refractivity contribution >= 4 is 18.0 Å². The van der Waals surface area contributed by atoms with Crippen LogP contribution in [0.4, 0.5) is 0 Å². The average molecular weight is 345 g/mol. The van der Waals surface area contributed by atoms with Crippen LogP contribution in [0, 0.1) is 0 Å². The fourth-order valence-electron chi connectivity index (χ4n) is 3.36. The molecule has 0 unspecified atom stereocenters. The highest BCUT2D eigenvalue weighted by Gasteiger charge is 2.35. The summed E-state index contributed by atoms with van der Waals surface area (Å²) >= 11 is 0. The van der Waals surface area contributed by atoms with Crippen molar-refractivity contribution in [3.05, 3.63) is 33.4 Å². The Kier molecular flexibility index (Phi) is 3.79. The molecule has 0 aromatic carbocycles. The normalized spacial score (nSPS) is 20.4. The molecule has 1 atom stereocenters. The number of fused-ring (bicyclic) bond motifs is 2. The maximum Gasteiger partial charge on any atom is 0.278 e. The van der Waals surface area contributed by atoms with Crippen LogP contribution in [-0.2, 0) is 22.5 Å². The number of ether oxygens (including phenoxy) is 1. The first-order valence-corrected chi connectivity index (χ1v) is 8.34.